The van der Waals surface area contributed by atoms with Crippen molar-refractivity contribution in [3.05, 3.63) is 48.0 Å². The van der Waals surface area contributed by atoms with Gasteiger partial charge in [-0.3, -0.25) is 4.79 Å². The molecule has 1 aliphatic heterocycles. The lowest BCUT2D eigenvalue weighted by Gasteiger charge is -2.34. The minimum atomic E-state index is -0.562. The number of fused-ring (bicyclic) bond motifs is 1. The van der Waals surface area contributed by atoms with Crippen molar-refractivity contribution in [1.29, 1.82) is 0 Å². The molecule has 2 amide bonds. The second-order valence-electron chi connectivity index (χ2n) is 10.4. The van der Waals surface area contributed by atoms with Crippen LogP contribution in [0.15, 0.2) is 36.7 Å². The lowest BCUT2D eigenvalue weighted by atomic mass is 9.83. The minimum absolute atomic E-state index is 0.0134. The van der Waals surface area contributed by atoms with Crippen LogP contribution in [0.25, 0.3) is 0 Å². The Kier molecular flexibility index (Phi) is 7.44. The van der Waals surface area contributed by atoms with Crippen molar-refractivity contribution in [2.24, 2.45) is 11.8 Å². The molecule has 8 heteroatoms. The number of hydrogen-bond acceptors (Lipinski definition) is 5. The number of alkyl carbamates (subject to hydrolysis) is 1. The van der Waals surface area contributed by atoms with Crippen LogP contribution in [0.4, 0.5) is 10.5 Å². The summed E-state index contributed by atoms with van der Waals surface area (Å²) in [5.74, 6) is 0.995. The Labute approximate surface area is 201 Å². The monoisotopic (exact) mass is 467 g/mol. The molecule has 0 unspecified atom stereocenters. The Hall–Kier alpha value is -3.03. The molecular weight excluding hydrogens is 430 g/mol. The van der Waals surface area contributed by atoms with E-state index in [1.807, 2.05) is 33.0 Å². The van der Waals surface area contributed by atoms with E-state index in [0.717, 1.165) is 50.0 Å². The highest BCUT2D eigenvalue weighted by atomic mass is 16.6. The van der Waals surface area contributed by atoms with E-state index in [1.54, 1.807) is 6.20 Å². The zero-order valence-electron chi connectivity index (χ0n) is 20.4. The number of carbonyl (C=O) groups is 2. The Balaban J connectivity index is 1.34. The number of benzene rings is 1. The summed E-state index contributed by atoms with van der Waals surface area (Å²) < 4.78 is 5.41. The van der Waals surface area contributed by atoms with Crippen LogP contribution in [0, 0.1) is 11.8 Å². The number of anilines is 1. The average Bonchev–Trinajstić information content (AvgIpc) is 3.32. The molecule has 184 valence electrons. The molecule has 8 nitrogen and oxygen atoms in total. The highest BCUT2D eigenvalue weighted by molar-refractivity contribution is 5.80. The van der Waals surface area contributed by atoms with Crippen LogP contribution in [0.2, 0.25) is 0 Å². The lowest BCUT2D eigenvalue weighted by molar-refractivity contribution is -0.126. The van der Waals surface area contributed by atoms with E-state index in [-0.39, 0.29) is 23.9 Å². The molecule has 0 bridgehead atoms. The zero-order chi connectivity index (χ0) is 24.1. The zero-order valence-corrected chi connectivity index (χ0v) is 20.4. The molecule has 4 atom stereocenters. The van der Waals surface area contributed by atoms with E-state index in [2.05, 4.69) is 44.1 Å². The largest absolute Gasteiger partial charge is 0.444 e. The van der Waals surface area contributed by atoms with Crippen LogP contribution < -0.4 is 16.0 Å². The van der Waals surface area contributed by atoms with Gasteiger partial charge in [0.05, 0.1) is 12.0 Å². The van der Waals surface area contributed by atoms with E-state index in [1.165, 1.54) is 5.56 Å². The quantitative estimate of drug-likeness (QED) is 0.506. The Morgan fingerprint density at radius 2 is 1.97 bits per heavy atom. The first-order valence-corrected chi connectivity index (χ1v) is 12.4. The van der Waals surface area contributed by atoms with Crippen LogP contribution >= 0.6 is 0 Å². The molecule has 1 saturated carbocycles. The summed E-state index contributed by atoms with van der Waals surface area (Å²) in [6, 6.07) is 8.23. The summed E-state index contributed by atoms with van der Waals surface area (Å²) in [6.07, 6.45) is 8.49. The maximum Gasteiger partial charge on any atom is 0.407 e. The van der Waals surface area contributed by atoms with Crippen molar-refractivity contribution in [2.45, 2.75) is 77.0 Å². The molecule has 0 spiro atoms. The maximum atomic E-state index is 13.1. The van der Waals surface area contributed by atoms with Crippen molar-refractivity contribution in [3.8, 4) is 0 Å². The summed E-state index contributed by atoms with van der Waals surface area (Å²) in [7, 11) is 0. The number of imidazole rings is 1. The van der Waals surface area contributed by atoms with E-state index < -0.39 is 11.7 Å². The third-order valence-electron chi connectivity index (χ3n) is 6.72. The van der Waals surface area contributed by atoms with Gasteiger partial charge in [0, 0.05) is 30.7 Å². The Bertz CT molecular complexity index is 969. The average molecular weight is 468 g/mol. The van der Waals surface area contributed by atoms with Gasteiger partial charge in [0.25, 0.3) is 0 Å². The summed E-state index contributed by atoms with van der Waals surface area (Å²) in [5.41, 5.74) is 1.87. The van der Waals surface area contributed by atoms with Gasteiger partial charge in [0.1, 0.15) is 11.4 Å². The van der Waals surface area contributed by atoms with Gasteiger partial charge in [0.15, 0.2) is 0 Å². The number of aromatic nitrogens is 2. The van der Waals surface area contributed by atoms with Gasteiger partial charge >= 0.3 is 6.09 Å². The molecule has 4 N–H and O–H groups in total. The molecule has 2 heterocycles. The number of para-hydroxylation sites is 1. The van der Waals surface area contributed by atoms with E-state index in [9.17, 15) is 9.59 Å². The van der Waals surface area contributed by atoms with Gasteiger partial charge in [-0.05, 0) is 64.0 Å². The first kappa shape index (κ1) is 24.1. The molecule has 34 heavy (non-hydrogen) atoms. The maximum absolute atomic E-state index is 13.1. The second kappa shape index (κ2) is 10.5. The normalized spacial score (nSPS) is 24.4. The fraction of sp³-hybridized carbons (Fsp3) is 0.577. The first-order chi connectivity index (χ1) is 16.3. The number of hydrogen-bond donors (Lipinski definition) is 4. The molecule has 0 radical (unpaired) electrons. The molecule has 1 aliphatic carbocycles. The first-order valence-electron chi connectivity index (χ1n) is 12.4. The molecule has 0 saturated heterocycles. The third kappa shape index (κ3) is 6.10. The van der Waals surface area contributed by atoms with Gasteiger partial charge in [0.2, 0.25) is 5.91 Å². The van der Waals surface area contributed by atoms with Gasteiger partial charge < -0.3 is 25.7 Å². The highest BCUT2D eigenvalue weighted by Crippen LogP contribution is 2.37. The number of nitrogens with one attached hydrogen (secondary N) is 4. The Morgan fingerprint density at radius 1 is 1.18 bits per heavy atom. The van der Waals surface area contributed by atoms with Gasteiger partial charge in [-0.25, -0.2) is 9.78 Å². The minimum Gasteiger partial charge on any atom is -0.444 e. The molecule has 2 aromatic rings. The van der Waals surface area contributed by atoms with Crippen molar-refractivity contribution < 1.29 is 14.3 Å². The van der Waals surface area contributed by atoms with E-state index in [0.29, 0.717) is 12.5 Å². The smallest absolute Gasteiger partial charge is 0.407 e. The van der Waals surface area contributed by atoms with Crippen LogP contribution in [-0.2, 0) is 16.0 Å². The highest BCUT2D eigenvalue weighted by Gasteiger charge is 2.34. The van der Waals surface area contributed by atoms with Crippen molar-refractivity contribution in [1.82, 2.24) is 20.6 Å². The molecule has 4 rings (SSSR count). The van der Waals surface area contributed by atoms with Crippen LogP contribution in [0.5, 0.6) is 0 Å². The SMILES string of the molecule is CC(C)(C)OC(=O)N[C@@H]1CCCC[C@@H]1C(=O)NCC[C@H]1Cc2ccccc2N[C@H]1c1ncc[nH]1. The molecule has 2 aliphatic rings. The number of nitrogens with zero attached hydrogens (tertiary/aromatic N) is 1. The number of amides is 2. The number of aromatic amines is 1. The summed E-state index contributed by atoms with van der Waals surface area (Å²) >= 11 is 0. The van der Waals surface area contributed by atoms with Crippen LogP contribution in [-0.4, -0.2) is 40.2 Å². The lowest BCUT2D eigenvalue weighted by Crippen LogP contribution is -2.49. The molecule has 1 aromatic heterocycles. The second-order valence-corrected chi connectivity index (χ2v) is 10.4. The van der Waals surface area contributed by atoms with Crippen molar-refractivity contribution in [3.63, 3.8) is 0 Å². The van der Waals surface area contributed by atoms with Gasteiger partial charge in [-0.15, -0.1) is 0 Å². The summed E-state index contributed by atoms with van der Waals surface area (Å²) in [5, 5.41) is 9.72. The third-order valence-corrected chi connectivity index (χ3v) is 6.72. The summed E-state index contributed by atoms with van der Waals surface area (Å²) in [6.45, 7) is 6.10. The van der Waals surface area contributed by atoms with Gasteiger partial charge in [-0.2, -0.15) is 0 Å². The van der Waals surface area contributed by atoms with E-state index >= 15 is 0 Å². The van der Waals surface area contributed by atoms with Gasteiger partial charge in [-0.1, -0.05) is 31.0 Å². The Morgan fingerprint density at radius 3 is 2.74 bits per heavy atom. The molecule has 1 aromatic carbocycles. The fourth-order valence-electron chi connectivity index (χ4n) is 5.12. The molecular formula is C26H37N5O3. The number of carbonyl (C=O) groups excluding carboxylic acids is 2. The van der Waals surface area contributed by atoms with Crippen LogP contribution in [0.3, 0.4) is 0 Å². The standard InChI is InChI=1S/C26H37N5O3/c1-26(2,3)34-25(33)31-21-11-7-5-9-19(21)24(32)29-13-12-18-16-17-8-4-6-10-20(17)30-22(18)23-27-14-15-28-23/h4,6,8,10,14-15,18-19,21-22,30H,5,7,9,11-13,16H2,1-3H3,(H,27,28)(H,29,32)(H,31,33)/t18-,19-,21+,22+/m0/s1. The number of ether oxygens (including phenoxy) is 1. The predicted octanol–water partition coefficient (Wildman–Crippen LogP) is 4.33. The molecule has 1 fully saturated rings. The predicted molar refractivity (Wildman–Crippen MR) is 131 cm³/mol. The number of H-pyrrole nitrogens is 1. The van der Waals surface area contributed by atoms with Crippen LogP contribution in [0.1, 0.15) is 70.3 Å². The number of rotatable bonds is 6. The fourth-order valence-corrected chi connectivity index (χ4v) is 5.12. The topological polar surface area (TPSA) is 108 Å². The van der Waals surface area contributed by atoms with Crippen molar-refractivity contribution >= 4 is 17.7 Å². The van der Waals surface area contributed by atoms with E-state index in [4.69, 9.17) is 4.74 Å². The summed E-state index contributed by atoms with van der Waals surface area (Å²) in [4.78, 5) is 33.1. The van der Waals surface area contributed by atoms with Crippen molar-refractivity contribution in [2.75, 3.05) is 11.9 Å².